The lowest BCUT2D eigenvalue weighted by Crippen LogP contribution is -2.04. The van der Waals surface area contributed by atoms with Gasteiger partial charge in [-0.15, -0.1) is 0 Å². The van der Waals surface area contributed by atoms with Crippen molar-refractivity contribution in [2.75, 3.05) is 0 Å². The smallest absolute Gasteiger partial charge is 0.197 e. The molecule has 0 spiro atoms. The molecule has 8 aromatic carbocycles. The number of hydrogen-bond donors (Lipinski definition) is 0. The van der Waals surface area contributed by atoms with Crippen LogP contribution in [0.25, 0.3) is 93.2 Å². The molecule has 0 fully saturated rings. The largest absolute Gasteiger partial charge is 0.308 e. The Morgan fingerprint density at radius 2 is 0.905 bits per heavy atom. The molecule has 0 aliphatic carbocycles. The van der Waals surface area contributed by atoms with Crippen LogP contribution < -0.4 is 0 Å². The van der Waals surface area contributed by atoms with Crippen LogP contribution in [0.4, 0.5) is 5.69 Å². The number of fused-ring (bicyclic) bond motifs is 6. The molecule has 2 aromatic heterocycles. The molecule has 8 nitrogen and oxygen atoms in total. The average molecular weight is 801 g/mol. The van der Waals surface area contributed by atoms with Gasteiger partial charge in [-0.3, -0.25) is 0 Å². The number of rotatable bonds is 5. The molecule has 0 saturated carbocycles. The molecule has 0 unspecified atom stereocenters. The van der Waals surface area contributed by atoms with E-state index in [1.807, 2.05) is 85.8 Å². The maximum Gasteiger partial charge on any atom is 0.197 e. The van der Waals surface area contributed by atoms with E-state index in [9.17, 15) is 26.3 Å². The van der Waals surface area contributed by atoms with Gasteiger partial charge in [0.1, 0.15) is 0 Å². The third-order valence-electron chi connectivity index (χ3n) is 11.7. The van der Waals surface area contributed by atoms with Crippen LogP contribution in [0.2, 0.25) is 0 Å². The van der Waals surface area contributed by atoms with Crippen molar-refractivity contribution in [1.29, 1.82) is 26.3 Å². The number of para-hydroxylation sites is 2. The summed E-state index contributed by atoms with van der Waals surface area (Å²) in [6, 6.07) is 59.6. The Morgan fingerprint density at radius 1 is 0.413 bits per heavy atom. The van der Waals surface area contributed by atoms with Gasteiger partial charge >= 0.3 is 0 Å². The number of aryl methyl sites for hydroxylation is 1. The van der Waals surface area contributed by atoms with Crippen LogP contribution in [-0.4, -0.2) is 9.13 Å². The Balaban J connectivity index is 1.31. The summed E-state index contributed by atoms with van der Waals surface area (Å²) >= 11 is 0. The van der Waals surface area contributed by atoms with Crippen molar-refractivity contribution in [2.45, 2.75) is 6.92 Å². The van der Waals surface area contributed by atoms with Crippen molar-refractivity contribution >= 4 is 49.3 Å². The molecular formula is C55H28N8. The zero-order valence-corrected chi connectivity index (χ0v) is 33.5. The van der Waals surface area contributed by atoms with Crippen molar-refractivity contribution in [1.82, 2.24) is 9.13 Å². The van der Waals surface area contributed by atoms with Crippen molar-refractivity contribution in [2.24, 2.45) is 0 Å². The van der Waals surface area contributed by atoms with Crippen LogP contribution in [0, 0.1) is 70.2 Å². The maximum absolute atomic E-state index is 10.1. The van der Waals surface area contributed by atoms with Crippen molar-refractivity contribution in [3.05, 3.63) is 196 Å². The molecule has 0 amide bonds. The van der Waals surface area contributed by atoms with Crippen molar-refractivity contribution in [3.8, 4) is 75.1 Å². The van der Waals surface area contributed by atoms with E-state index in [0.717, 1.165) is 88.4 Å². The van der Waals surface area contributed by atoms with Gasteiger partial charge < -0.3 is 9.13 Å². The van der Waals surface area contributed by atoms with Crippen molar-refractivity contribution < 1.29 is 0 Å². The monoisotopic (exact) mass is 800 g/mol. The first-order valence-electron chi connectivity index (χ1n) is 19.9. The van der Waals surface area contributed by atoms with Crippen LogP contribution in [-0.2, 0) is 0 Å². The summed E-state index contributed by atoms with van der Waals surface area (Å²) in [5.41, 5.74) is 13.1. The highest BCUT2D eigenvalue weighted by Crippen LogP contribution is 2.45. The van der Waals surface area contributed by atoms with Crippen molar-refractivity contribution in [3.63, 3.8) is 0 Å². The minimum absolute atomic E-state index is 0.407. The highest BCUT2D eigenvalue weighted by molar-refractivity contribution is 6.13. The lowest BCUT2D eigenvalue weighted by molar-refractivity contribution is 1.10. The number of hydrogen-bond acceptors (Lipinski definition) is 5. The van der Waals surface area contributed by atoms with E-state index < -0.39 is 0 Å². The Morgan fingerprint density at radius 3 is 1.40 bits per heavy atom. The summed E-state index contributed by atoms with van der Waals surface area (Å²) < 4.78 is 4.41. The summed E-state index contributed by atoms with van der Waals surface area (Å²) in [6.07, 6.45) is 0. The van der Waals surface area contributed by atoms with Crippen LogP contribution >= 0.6 is 0 Å². The van der Waals surface area contributed by atoms with Crippen LogP contribution in [0.5, 0.6) is 0 Å². The number of benzene rings is 8. The minimum Gasteiger partial charge on any atom is -0.308 e. The van der Waals surface area contributed by atoms with E-state index >= 15 is 0 Å². The maximum atomic E-state index is 10.1. The molecule has 10 aromatic rings. The SMILES string of the molecule is [C-]#[N+]c1cc(-n2c3ccccc3c3cc(-c4ccc(C#N)cc4C#N)ccc32)c(-n2c3ccccc3c3cc(-c4ccc(C#N)cc4C#N)ccc32)cc1-c1cc(C)cc(C#N)c1. The molecule has 63 heavy (non-hydrogen) atoms. The molecule has 0 saturated heterocycles. The molecule has 288 valence electrons. The summed E-state index contributed by atoms with van der Waals surface area (Å²) in [4.78, 5) is 4.12. The van der Waals surface area contributed by atoms with Gasteiger partial charge in [0.05, 0.1) is 98.2 Å². The zero-order valence-electron chi connectivity index (χ0n) is 33.5. The van der Waals surface area contributed by atoms with Gasteiger partial charge in [-0.05, 0) is 131 Å². The molecule has 0 N–H and O–H groups in total. The predicted molar refractivity (Wildman–Crippen MR) is 246 cm³/mol. The van der Waals surface area contributed by atoms with Gasteiger partial charge in [-0.25, -0.2) is 4.85 Å². The first kappa shape index (κ1) is 37.6. The van der Waals surface area contributed by atoms with Gasteiger partial charge in [0.15, 0.2) is 5.69 Å². The van der Waals surface area contributed by atoms with E-state index in [4.69, 9.17) is 6.57 Å². The molecule has 10 rings (SSSR count). The third kappa shape index (κ3) is 6.02. The lowest BCUT2D eigenvalue weighted by atomic mass is 9.96. The first-order chi connectivity index (χ1) is 30.9. The molecule has 0 radical (unpaired) electrons. The third-order valence-corrected chi connectivity index (χ3v) is 11.7. The van der Waals surface area contributed by atoms with E-state index in [-0.39, 0.29) is 0 Å². The first-order valence-corrected chi connectivity index (χ1v) is 19.9. The number of aromatic nitrogens is 2. The summed E-state index contributed by atoms with van der Waals surface area (Å²) in [5.74, 6) is 0. The van der Waals surface area contributed by atoms with Crippen LogP contribution in [0.15, 0.2) is 152 Å². The van der Waals surface area contributed by atoms with Gasteiger partial charge in [0.25, 0.3) is 0 Å². The Hall–Kier alpha value is -9.70. The quantitative estimate of drug-likeness (QED) is 0.160. The number of nitriles is 5. The van der Waals surface area contributed by atoms with Crippen LogP contribution in [0.3, 0.4) is 0 Å². The molecule has 0 bridgehead atoms. The highest BCUT2D eigenvalue weighted by atomic mass is 15.1. The topological polar surface area (TPSA) is 133 Å². The zero-order chi connectivity index (χ0) is 43.4. The Bertz CT molecular complexity index is 3890. The normalized spacial score (nSPS) is 10.8. The molecule has 0 atom stereocenters. The van der Waals surface area contributed by atoms with E-state index in [1.54, 1.807) is 24.3 Å². The lowest BCUT2D eigenvalue weighted by Gasteiger charge is -2.20. The second-order valence-electron chi connectivity index (χ2n) is 15.3. The standard InChI is InChI=1S/C55H28N8/c1-33-19-36(30-58)23-39(20-33)46-26-54(62-50-9-5-3-7-44(50)47-24-37(13-17-52(47)62)42-15-11-34(28-56)21-40(42)31-59)55(27-49(46)61-2)63-51-10-6-4-8-45(51)48-25-38(14-18-53(48)63)43-16-12-35(29-57)22-41(43)32-60/h3-27H,1H3. The fourth-order valence-electron chi connectivity index (χ4n) is 8.97. The highest BCUT2D eigenvalue weighted by Gasteiger charge is 2.23. The fourth-order valence-corrected chi connectivity index (χ4v) is 8.97. The molecule has 2 heterocycles. The average Bonchev–Trinajstić information content (AvgIpc) is 3.84. The van der Waals surface area contributed by atoms with Crippen LogP contribution in [0.1, 0.15) is 33.4 Å². The van der Waals surface area contributed by atoms with Gasteiger partial charge in [-0.2, -0.15) is 26.3 Å². The van der Waals surface area contributed by atoms with E-state index in [0.29, 0.717) is 39.1 Å². The number of nitrogens with zero attached hydrogens (tertiary/aromatic N) is 8. The molecule has 8 heteroatoms. The fraction of sp³-hybridized carbons (Fsp3) is 0.0182. The predicted octanol–water partition coefficient (Wildman–Crippen LogP) is 13.1. The molecule has 0 aliphatic heterocycles. The van der Waals surface area contributed by atoms with Gasteiger partial charge in [0, 0.05) is 21.5 Å². The summed E-state index contributed by atoms with van der Waals surface area (Å²) in [5, 5.41) is 53.1. The van der Waals surface area contributed by atoms with E-state index in [1.165, 1.54) is 0 Å². The van der Waals surface area contributed by atoms with Gasteiger partial charge in [-0.1, -0.05) is 66.7 Å². The summed E-state index contributed by atoms with van der Waals surface area (Å²) in [6.45, 7) is 10.5. The molecule has 0 aliphatic rings. The van der Waals surface area contributed by atoms with Gasteiger partial charge in [0.2, 0.25) is 0 Å². The summed E-state index contributed by atoms with van der Waals surface area (Å²) in [7, 11) is 0. The molecular weight excluding hydrogens is 773 g/mol. The minimum atomic E-state index is 0.407. The van der Waals surface area contributed by atoms with E-state index in [2.05, 4.69) is 92.9 Å². The Labute approximate surface area is 361 Å². The second-order valence-corrected chi connectivity index (χ2v) is 15.3. The Kier molecular flexibility index (Phi) is 8.85. The second kappa shape index (κ2) is 14.8.